The van der Waals surface area contributed by atoms with Crippen LogP contribution >= 0.6 is 0 Å². The SMILES string of the molecule is CCOC(=O)c1ccc(C(N)C(=O)OC(C)(C)C)cc1. The van der Waals surface area contributed by atoms with Gasteiger partial charge in [0.15, 0.2) is 0 Å². The zero-order chi connectivity index (χ0) is 15.3. The lowest BCUT2D eigenvalue weighted by atomic mass is 10.1. The third kappa shape index (κ3) is 4.66. The van der Waals surface area contributed by atoms with Crippen LogP contribution in [0.2, 0.25) is 0 Å². The molecule has 1 aromatic carbocycles. The Morgan fingerprint density at radius 2 is 1.75 bits per heavy atom. The number of carbonyl (C=O) groups excluding carboxylic acids is 2. The van der Waals surface area contributed by atoms with Gasteiger partial charge in [-0.05, 0) is 45.4 Å². The summed E-state index contributed by atoms with van der Waals surface area (Å²) in [6.45, 7) is 7.40. The monoisotopic (exact) mass is 279 g/mol. The quantitative estimate of drug-likeness (QED) is 0.855. The Bertz CT molecular complexity index is 474. The topological polar surface area (TPSA) is 78.6 Å². The summed E-state index contributed by atoms with van der Waals surface area (Å²) >= 11 is 0. The van der Waals surface area contributed by atoms with Gasteiger partial charge in [-0.3, -0.25) is 0 Å². The highest BCUT2D eigenvalue weighted by atomic mass is 16.6. The fourth-order valence-electron chi connectivity index (χ4n) is 1.54. The molecule has 0 heterocycles. The van der Waals surface area contributed by atoms with Gasteiger partial charge >= 0.3 is 11.9 Å². The molecule has 1 atom stereocenters. The van der Waals surface area contributed by atoms with Crippen molar-refractivity contribution in [1.29, 1.82) is 0 Å². The van der Waals surface area contributed by atoms with Crippen molar-refractivity contribution in [2.75, 3.05) is 6.61 Å². The Kier molecular flexibility index (Phi) is 5.27. The lowest BCUT2D eigenvalue weighted by Gasteiger charge is -2.22. The van der Waals surface area contributed by atoms with Crippen LogP contribution in [0.1, 0.15) is 49.7 Å². The van der Waals surface area contributed by atoms with E-state index in [9.17, 15) is 9.59 Å². The molecule has 1 aromatic rings. The van der Waals surface area contributed by atoms with Crippen LogP contribution in [0, 0.1) is 0 Å². The number of nitrogens with two attached hydrogens (primary N) is 1. The van der Waals surface area contributed by atoms with E-state index in [2.05, 4.69) is 0 Å². The highest BCUT2D eigenvalue weighted by Crippen LogP contribution is 2.17. The zero-order valence-corrected chi connectivity index (χ0v) is 12.3. The first-order valence-corrected chi connectivity index (χ1v) is 6.50. The number of hydrogen-bond acceptors (Lipinski definition) is 5. The van der Waals surface area contributed by atoms with Gasteiger partial charge in [0.25, 0.3) is 0 Å². The first-order chi connectivity index (χ1) is 9.24. The van der Waals surface area contributed by atoms with Gasteiger partial charge in [-0.2, -0.15) is 0 Å². The van der Waals surface area contributed by atoms with E-state index in [4.69, 9.17) is 15.2 Å². The summed E-state index contributed by atoms with van der Waals surface area (Å²) in [5, 5.41) is 0. The van der Waals surface area contributed by atoms with Gasteiger partial charge in [0, 0.05) is 0 Å². The molecular formula is C15H21NO4. The standard InChI is InChI=1S/C15H21NO4/c1-5-19-13(17)11-8-6-10(7-9-11)12(16)14(18)20-15(2,3)4/h6-9,12H,5,16H2,1-4H3. The normalized spacial score (nSPS) is 12.7. The average Bonchev–Trinajstić information content (AvgIpc) is 2.36. The van der Waals surface area contributed by atoms with Gasteiger partial charge in [-0.1, -0.05) is 12.1 Å². The molecule has 0 spiro atoms. The van der Waals surface area contributed by atoms with E-state index < -0.39 is 23.6 Å². The molecule has 0 bridgehead atoms. The van der Waals surface area contributed by atoms with Crippen LogP contribution in [0.5, 0.6) is 0 Å². The second kappa shape index (κ2) is 6.52. The summed E-state index contributed by atoms with van der Waals surface area (Å²) in [5.41, 5.74) is 6.27. The van der Waals surface area contributed by atoms with Crippen molar-refractivity contribution < 1.29 is 19.1 Å². The summed E-state index contributed by atoms with van der Waals surface area (Å²) in [4.78, 5) is 23.3. The van der Waals surface area contributed by atoms with Crippen LogP contribution in [0.3, 0.4) is 0 Å². The van der Waals surface area contributed by atoms with E-state index in [0.717, 1.165) is 0 Å². The van der Waals surface area contributed by atoms with E-state index >= 15 is 0 Å². The second-order valence-corrected chi connectivity index (χ2v) is 5.35. The molecule has 0 saturated carbocycles. The molecule has 5 heteroatoms. The minimum atomic E-state index is -0.870. The molecule has 0 aliphatic rings. The summed E-state index contributed by atoms with van der Waals surface area (Å²) in [7, 11) is 0. The average molecular weight is 279 g/mol. The van der Waals surface area contributed by atoms with Crippen LogP contribution in [0.15, 0.2) is 24.3 Å². The van der Waals surface area contributed by atoms with Crippen molar-refractivity contribution in [2.24, 2.45) is 5.73 Å². The third-order valence-electron chi connectivity index (χ3n) is 2.44. The van der Waals surface area contributed by atoms with Crippen molar-refractivity contribution >= 4 is 11.9 Å². The largest absolute Gasteiger partial charge is 0.462 e. The van der Waals surface area contributed by atoms with Crippen molar-refractivity contribution in [2.45, 2.75) is 39.3 Å². The molecule has 0 aliphatic heterocycles. The number of benzene rings is 1. The summed E-state index contributed by atoms with van der Waals surface area (Å²) < 4.78 is 10.1. The highest BCUT2D eigenvalue weighted by molar-refractivity contribution is 5.89. The van der Waals surface area contributed by atoms with Crippen LogP contribution < -0.4 is 5.73 Å². The maximum absolute atomic E-state index is 11.8. The Morgan fingerprint density at radius 3 is 2.20 bits per heavy atom. The molecule has 0 radical (unpaired) electrons. The minimum Gasteiger partial charge on any atom is -0.462 e. The van der Waals surface area contributed by atoms with Crippen molar-refractivity contribution in [3.63, 3.8) is 0 Å². The van der Waals surface area contributed by atoms with Gasteiger partial charge in [-0.25, -0.2) is 9.59 Å². The molecular weight excluding hydrogens is 258 g/mol. The fourth-order valence-corrected chi connectivity index (χ4v) is 1.54. The molecule has 0 fully saturated rings. The van der Waals surface area contributed by atoms with Crippen molar-refractivity contribution in [1.82, 2.24) is 0 Å². The predicted molar refractivity (Wildman–Crippen MR) is 75.2 cm³/mol. The molecule has 0 aliphatic carbocycles. The van der Waals surface area contributed by atoms with Gasteiger partial charge in [0.2, 0.25) is 0 Å². The summed E-state index contributed by atoms with van der Waals surface area (Å²) in [5.74, 6) is -0.897. The molecule has 0 saturated heterocycles. The number of rotatable bonds is 4. The highest BCUT2D eigenvalue weighted by Gasteiger charge is 2.23. The van der Waals surface area contributed by atoms with E-state index in [-0.39, 0.29) is 0 Å². The number of carbonyl (C=O) groups is 2. The Morgan fingerprint density at radius 1 is 1.20 bits per heavy atom. The molecule has 110 valence electrons. The Balaban J connectivity index is 2.78. The lowest BCUT2D eigenvalue weighted by molar-refractivity contribution is -0.156. The van der Waals surface area contributed by atoms with Gasteiger partial charge in [-0.15, -0.1) is 0 Å². The van der Waals surface area contributed by atoms with E-state index in [1.54, 1.807) is 52.0 Å². The first kappa shape index (κ1) is 16.2. The van der Waals surface area contributed by atoms with Crippen molar-refractivity contribution in [3.05, 3.63) is 35.4 Å². The molecule has 1 rings (SSSR count). The van der Waals surface area contributed by atoms with E-state index in [0.29, 0.717) is 17.7 Å². The smallest absolute Gasteiger partial charge is 0.338 e. The molecule has 1 unspecified atom stereocenters. The lowest BCUT2D eigenvalue weighted by Crippen LogP contribution is -2.31. The Hall–Kier alpha value is -1.88. The van der Waals surface area contributed by atoms with E-state index in [1.807, 2.05) is 0 Å². The van der Waals surface area contributed by atoms with Crippen molar-refractivity contribution in [3.8, 4) is 0 Å². The zero-order valence-electron chi connectivity index (χ0n) is 12.3. The van der Waals surface area contributed by atoms with Crippen LogP contribution in [0.4, 0.5) is 0 Å². The summed E-state index contributed by atoms with van der Waals surface area (Å²) in [6.07, 6.45) is 0. The maximum Gasteiger partial charge on any atom is 0.338 e. The van der Waals surface area contributed by atoms with Crippen LogP contribution in [-0.2, 0) is 14.3 Å². The van der Waals surface area contributed by atoms with Gasteiger partial charge in [0.05, 0.1) is 12.2 Å². The third-order valence-corrected chi connectivity index (χ3v) is 2.44. The molecule has 0 amide bonds. The van der Waals surface area contributed by atoms with Gasteiger partial charge in [0.1, 0.15) is 11.6 Å². The number of ether oxygens (including phenoxy) is 2. The van der Waals surface area contributed by atoms with E-state index in [1.165, 1.54) is 0 Å². The predicted octanol–water partition coefficient (Wildman–Crippen LogP) is 2.20. The summed E-state index contributed by atoms with van der Waals surface area (Å²) in [6, 6.07) is 5.54. The number of hydrogen-bond donors (Lipinski definition) is 1. The first-order valence-electron chi connectivity index (χ1n) is 6.50. The maximum atomic E-state index is 11.8. The molecule has 2 N–H and O–H groups in total. The molecule has 5 nitrogen and oxygen atoms in total. The number of esters is 2. The van der Waals surface area contributed by atoms with Crippen LogP contribution in [0.25, 0.3) is 0 Å². The molecule has 20 heavy (non-hydrogen) atoms. The fraction of sp³-hybridized carbons (Fsp3) is 0.467. The second-order valence-electron chi connectivity index (χ2n) is 5.35. The van der Waals surface area contributed by atoms with Gasteiger partial charge < -0.3 is 15.2 Å². The Labute approximate surface area is 119 Å². The van der Waals surface area contributed by atoms with Crippen LogP contribution in [-0.4, -0.2) is 24.1 Å². The molecule has 0 aromatic heterocycles. The minimum absolute atomic E-state index is 0.317.